The van der Waals surface area contributed by atoms with Crippen molar-refractivity contribution in [2.24, 2.45) is 0 Å². The van der Waals surface area contributed by atoms with Crippen molar-refractivity contribution in [1.82, 2.24) is 0 Å². The van der Waals surface area contributed by atoms with E-state index in [-0.39, 0.29) is 61.1 Å². The van der Waals surface area contributed by atoms with Crippen molar-refractivity contribution < 1.29 is 45.2 Å². The Morgan fingerprint density at radius 2 is 0.530 bits per heavy atom. The fourth-order valence-corrected chi connectivity index (χ4v) is 23.5. The Bertz CT molecular complexity index is 2660. The molecule has 0 radical (unpaired) electrons. The number of halogens is 2. The summed E-state index contributed by atoms with van der Waals surface area (Å²) in [6.07, 6.45) is 28.9. The van der Waals surface area contributed by atoms with E-state index < -0.39 is 0 Å². The molecule has 452 valence electrons. The summed E-state index contributed by atoms with van der Waals surface area (Å²) in [5.74, 6) is 2.83. The maximum absolute atomic E-state index is 2.61. The first kappa shape index (κ1) is 69.5. The van der Waals surface area contributed by atoms with Crippen molar-refractivity contribution in [3.05, 3.63) is 155 Å². The minimum atomic E-state index is -0.184. The van der Waals surface area contributed by atoms with Crippen LogP contribution in [0.15, 0.2) is 121 Å². The molecule has 6 aromatic carbocycles. The summed E-state index contributed by atoms with van der Waals surface area (Å²) in [6.45, 7) is 29.0. The molecule has 0 N–H and O–H groups in total. The molecule has 0 nitrogen and oxygen atoms in total. The first-order chi connectivity index (χ1) is 38.8. The van der Waals surface area contributed by atoms with Crippen LogP contribution in [0.4, 0.5) is 0 Å². The first-order valence-electron chi connectivity index (χ1n) is 33.0. The van der Waals surface area contributed by atoms with Crippen LogP contribution in [-0.4, -0.2) is 22.6 Å². The van der Waals surface area contributed by atoms with Crippen LogP contribution in [0.3, 0.4) is 0 Å². The Hall–Kier alpha value is -2.58. The molecule has 0 bridgehead atoms. The van der Waals surface area contributed by atoms with Gasteiger partial charge in [0.05, 0.1) is 0 Å². The van der Waals surface area contributed by atoms with Gasteiger partial charge in [-0.1, -0.05) is 297 Å². The molecule has 4 aliphatic carbocycles. The van der Waals surface area contributed by atoms with Crippen LogP contribution < -0.4 is 35.4 Å². The van der Waals surface area contributed by atoms with E-state index in [0.717, 1.165) is 22.6 Å². The smallest absolute Gasteiger partial charge is 1.00 e. The van der Waals surface area contributed by atoms with Gasteiger partial charge in [-0.3, -0.25) is 0 Å². The van der Waals surface area contributed by atoms with Crippen molar-refractivity contribution in [1.29, 1.82) is 0 Å². The summed E-state index contributed by atoms with van der Waals surface area (Å²) in [7, 11) is -0.368. The fraction of sp³-hybridized carbons (Fsp3) is 0.538. The number of hydrogen-bond acceptors (Lipinski definition) is 0. The average molecular weight is 1280 g/mol. The molecule has 4 saturated carbocycles. The van der Waals surface area contributed by atoms with Gasteiger partial charge in [-0.05, 0) is 198 Å². The van der Waals surface area contributed by atoms with Crippen LogP contribution in [0.5, 0.6) is 0 Å². The van der Waals surface area contributed by atoms with Crippen LogP contribution in [-0.2, 0) is 20.4 Å². The maximum Gasteiger partial charge on any atom is 2.00 e. The summed E-state index contributed by atoms with van der Waals surface area (Å²) >= 11 is 0. The van der Waals surface area contributed by atoms with Crippen LogP contribution in [0.2, 0.25) is 0 Å². The second kappa shape index (κ2) is 33.1. The van der Waals surface area contributed by atoms with E-state index in [1.54, 1.807) is 55.1 Å². The Morgan fingerprint density at radius 1 is 0.289 bits per heavy atom. The standard InChI is InChI=1S/2C39H53P.2ClH.Pd/c2*1-27(2)34-26-35(28(3)4)39(37(29(5)6)38(34)30-18-10-7-11-19-30)33-24-16-17-25-36(33)40(31-20-12-8-13-21-31)32-22-14-9-15-23-32;;;/h2*7,10-11,16-19,24-29,31-32H,8-9,12-15,20-23H2,1-6H3;2*1H;/q;;;;+2/p-2. The first-order valence-corrected chi connectivity index (χ1v) is 36.0. The third kappa shape index (κ3) is 16.2. The monoisotopic (exact) mass is 1280 g/mol. The second-order valence-electron chi connectivity index (χ2n) is 27.1. The number of hydrogen-bond donors (Lipinski definition) is 0. The van der Waals surface area contributed by atoms with Crippen molar-refractivity contribution >= 4 is 26.5 Å². The predicted octanol–water partition coefficient (Wildman–Crippen LogP) is 18.3. The molecule has 0 saturated heterocycles. The van der Waals surface area contributed by atoms with E-state index in [0.29, 0.717) is 35.5 Å². The van der Waals surface area contributed by atoms with E-state index in [1.165, 1.54) is 162 Å². The maximum atomic E-state index is 2.61. The van der Waals surface area contributed by atoms with Gasteiger partial charge in [0.1, 0.15) is 0 Å². The summed E-state index contributed by atoms with van der Waals surface area (Å²) in [5, 5.41) is 3.47. The molecule has 83 heavy (non-hydrogen) atoms. The van der Waals surface area contributed by atoms with Gasteiger partial charge in [-0.15, -0.1) is 0 Å². The van der Waals surface area contributed by atoms with Gasteiger partial charge in [0.2, 0.25) is 0 Å². The predicted molar refractivity (Wildman–Crippen MR) is 360 cm³/mol. The van der Waals surface area contributed by atoms with Crippen molar-refractivity contribution in [2.75, 3.05) is 0 Å². The Kier molecular flexibility index (Phi) is 27.8. The number of rotatable bonds is 16. The minimum Gasteiger partial charge on any atom is -1.00 e. The van der Waals surface area contributed by atoms with Gasteiger partial charge in [-0.2, -0.15) is 0 Å². The van der Waals surface area contributed by atoms with E-state index in [2.05, 4.69) is 204 Å². The fourth-order valence-electron chi connectivity index (χ4n) is 15.6. The van der Waals surface area contributed by atoms with Gasteiger partial charge in [-0.25, -0.2) is 0 Å². The van der Waals surface area contributed by atoms with Gasteiger partial charge >= 0.3 is 20.4 Å². The van der Waals surface area contributed by atoms with Crippen LogP contribution in [0, 0.1) is 0 Å². The molecule has 0 heterocycles. The normalized spacial score (nSPS) is 16.8. The average Bonchev–Trinajstić information content (AvgIpc) is 3.63. The molecule has 0 aliphatic heterocycles. The van der Waals surface area contributed by atoms with E-state index in [9.17, 15) is 0 Å². The molecule has 0 amide bonds. The molecule has 5 heteroatoms. The van der Waals surface area contributed by atoms with Gasteiger partial charge in [0.15, 0.2) is 0 Å². The largest absolute Gasteiger partial charge is 2.00 e. The quantitative estimate of drug-likeness (QED) is 0.0669. The van der Waals surface area contributed by atoms with Gasteiger partial charge < -0.3 is 24.8 Å². The number of benzene rings is 6. The van der Waals surface area contributed by atoms with Crippen LogP contribution >= 0.6 is 15.8 Å². The summed E-state index contributed by atoms with van der Waals surface area (Å²) < 4.78 is 0. The molecule has 4 aliphatic rings. The van der Waals surface area contributed by atoms with E-state index >= 15 is 0 Å². The van der Waals surface area contributed by atoms with Crippen molar-refractivity contribution in [2.45, 2.75) is 270 Å². The molecular formula is C78H106Cl2P2Pd. The molecule has 4 fully saturated rings. The molecule has 0 spiro atoms. The Labute approximate surface area is 536 Å². The van der Waals surface area contributed by atoms with Gasteiger partial charge in [0.25, 0.3) is 0 Å². The zero-order chi connectivity index (χ0) is 56.5. The zero-order valence-corrected chi connectivity index (χ0v) is 58.3. The molecule has 10 rings (SSSR count). The Balaban J connectivity index is 0.000000257. The topological polar surface area (TPSA) is 0 Å². The van der Waals surface area contributed by atoms with Crippen LogP contribution in [0.25, 0.3) is 44.5 Å². The van der Waals surface area contributed by atoms with Gasteiger partial charge in [0, 0.05) is 0 Å². The molecule has 0 unspecified atom stereocenters. The third-order valence-electron chi connectivity index (χ3n) is 19.4. The summed E-state index contributed by atoms with van der Waals surface area (Å²) in [6, 6.07) is 47.4. The third-order valence-corrected chi connectivity index (χ3v) is 26.5. The minimum absolute atomic E-state index is 0. The molecule has 0 atom stereocenters. The summed E-state index contributed by atoms with van der Waals surface area (Å²) in [4.78, 5) is 0. The van der Waals surface area contributed by atoms with E-state index in [4.69, 9.17) is 0 Å². The molecule has 6 aromatic rings. The van der Waals surface area contributed by atoms with Crippen molar-refractivity contribution in [3.8, 4) is 44.5 Å². The zero-order valence-electron chi connectivity index (χ0n) is 53.4. The SMILES string of the molecule is CC(C)c1cc(C(C)C)c(-c2ccccc2P(C2CCCCC2)C2CCCCC2)c(C(C)C)c1-c1ccccc1.CC(C)c1cc(C(C)C)c(-c2ccccc2P(C2CCCCC2)C2CCCCC2)c(C(C)C)c1-c1ccccc1.[Cl-].[Cl-].[Pd+2]. The summed E-state index contributed by atoms with van der Waals surface area (Å²) in [5.41, 5.74) is 25.0. The van der Waals surface area contributed by atoms with Crippen LogP contribution in [0.1, 0.15) is 280 Å². The Morgan fingerprint density at radius 3 is 0.783 bits per heavy atom. The van der Waals surface area contributed by atoms with Crippen molar-refractivity contribution in [3.63, 3.8) is 0 Å². The van der Waals surface area contributed by atoms with E-state index in [1.807, 2.05) is 0 Å². The molecular weight excluding hydrogens is 1180 g/mol. The second-order valence-corrected chi connectivity index (χ2v) is 32.6. The molecule has 0 aromatic heterocycles.